The van der Waals surface area contributed by atoms with Crippen molar-refractivity contribution in [3.05, 3.63) is 33.8 Å². The molecule has 3 rings (SSSR count). The van der Waals surface area contributed by atoms with Crippen LogP contribution in [0.4, 0.5) is 0 Å². The van der Waals surface area contributed by atoms with E-state index in [4.69, 9.17) is 0 Å². The lowest BCUT2D eigenvalue weighted by atomic mass is 9.66. The zero-order valence-electron chi connectivity index (χ0n) is 10.6. The first kappa shape index (κ1) is 12.6. The molecule has 0 aliphatic heterocycles. The van der Waals surface area contributed by atoms with Gasteiger partial charge < -0.3 is 10.2 Å². The summed E-state index contributed by atoms with van der Waals surface area (Å²) in [6.45, 7) is 2.09. The van der Waals surface area contributed by atoms with E-state index in [1.54, 1.807) is 0 Å². The summed E-state index contributed by atoms with van der Waals surface area (Å²) in [7, 11) is 0. The van der Waals surface area contributed by atoms with Crippen molar-refractivity contribution in [1.82, 2.24) is 0 Å². The second-order valence-electron chi connectivity index (χ2n) is 6.07. The Hall–Kier alpha value is -0.380. The molecule has 18 heavy (non-hydrogen) atoms. The number of benzene rings is 1. The van der Waals surface area contributed by atoms with Gasteiger partial charge in [0.05, 0.1) is 12.2 Å². The van der Waals surface area contributed by atoms with Gasteiger partial charge in [-0.05, 0) is 54.9 Å². The lowest BCUT2D eigenvalue weighted by Gasteiger charge is -2.42. The molecule has 0 amide bonds. The van der Waals surface area contributed by atoms with Crippen molar-refractivity contribution >= 4 is 15.9 Å². The molecule has 1 unspecified atom stereocenters. The number of rotatable bonds is 0. The highest BCUT2D eigenvalue weighted by Crippen LogP contribution is 2.55. The van der Waals surface area contributed by atoms with E-state index in [0.717, 1.165) is 35.7 Å². The number of aliphatic hydroxyl groups excluding tert-OH is 2. The Morgan fingerprint density at radius 3 is 2.83 bits per heavy atom. The van der Waals surface area contributed by atoms with E-state index < -0.39 is 0 Å². The Bertz CT molecular complexity index is 474. The molecule has 3 heteroatoms. The molecule has 0 radical (unpaired) electrons. The molecule has 1 spiro atoms. The summed E-state index contributed by atoms with van der Waals surface area (Å²) >= 11 is 3.48. The Morgan fingerprint density at radius 2 is 2.11 bits per heavy atom. The third kappa shape index (κ3) is 1.84. The molecule has 2 N–H and O–H groups in total. The maximum absolute atomic E-state index is 10.7. The van der Waals surface area contributed by atoms with Crippen LogP contribution in [0, 0.1) is 11.3 Å². The monoisotopic (exact) mass is 310 g/mol. The lowest BCUT2D eigenvalue weighted by Crippen LogP contribution is -2.38. The topological polar surface area (TPSA) is 40.5 Å². The summed E-state index contributed by atoms with van der Waals surface area (Å²) in [6.07, 6.45) is 3.03. The third-order valence-electron chi connectivity index (χ3n) is 4.85. The first-order chi connectivity index (χ1) is 8.52. The molecule has 2 aliphatic rings. The standard InChI is InChI=1S/C15H19BrO2/c1-9-7-15(5-4-13(9)17)8-10-2-3-11(16)6-12(10)14(15)18/h2-3,6,9,13-14,17-18H,4-5,7-8H2,1H3/t9-,13-,14?,15-/m1/s1. The summed E-state index contributed by atoms with van der Waals surface area (Å²) in [5, 5.41) is 20.6. The van der Waals surface area contributed by atoms with E-state index in [9.17, 15) is 10.2 Å². The molecule has 2 nitrogen and oxygen atoms in total. The van der Waals surface area contributed by atoms with Gasteiger partial charge in [-0.1, -0.05) is 28.9 Å². The highest BCUT2D eigenvalue weighted by molar-refractivity contribution is 9.10. The van der Waals surface area contributed by atoms with Crippen LogP contribution in [0.2, 0.25) is 0 Å². The van der Waals surface area contributed by atoms with Crippen molar-refractivity contribution < 1.29 is 10.2 Å². The molecule has 4 atom stereocenters. The number of hydrogen-bond acceptors (Lipinski definition) is 2. The zero-order valence-corrected chi connectivity index (χ0v) is 12.2. The van der Waals surface area contributed by atoms with Gasteiger partial charge in [-0.3, -0.25) is 0 Å². The second kappa shape index (κ2) is 4.32. The molecule has 1 fully saturated rings. The lowest BCUT2D eigenvalue weighted by molar-refractivity contribution is -0.0487. The molecular weight excluding hydrogens is 292 g/mol. The Labute approximate surface area is 116 Å². The van der Waals surface area contributed by atoms with Crippen LogP contribution >= 0.6 is 15.9 Å². The summed E-state index contributed by atoms with van der Waals surface area (Å²) < 4.78 is 1.03. The van der Waals surface area contributed by atoms with Crippen LogP contribution < -0.4 is 0 Å². The highest BCUT2D eigenvalue weighted by Gasteiger charge is 2.48. The van der Waals surface area contributed by atoms with Crippen LogP contribution in [0.15, 0.2) is 22.7 Å². The van der Waals surface area contributed by atoms with Gasteiger partial charge in [-0.2, -0.15) is 0 Å². The van der Waals surface area contributed by atoms with E-state index in [0.29, 0.717) is 0 Å². The second-order valence-corrected chi connectivity index (χ2v) is 6.99. The van der Waals surface area contributed by atoms with Gasteiger partial charge in [-0.15, -0.1) is 0 Å². The van der Waals surface area contributed by atoms with E-state index in [1.165, 1.54) is 5.56 Å². The molecule has 2 aliphatic carbocycles. The first-order valence-electron chi connectivity index (χ1n) is 6.66. The van der Waals surface area contributed by atoms with Crippen LogP contribution in [-0.2, 0) is 6.42 Å². The van der Waals surface area contributed by atoms with E-state index in [1.807, 2.05) is 12.1 Å². The first-order valence-corrected chi connectivity index (χ1v) is 7.46. The van der Waals surface area contributed by atoms with Gasteiger partial charge >= 0.3 is 0 Å². The molecule has 1 saturated carbocycles. The Morgan fingerprint density at radius 1 is 1.33 bits per heavy atom. The molecule has 0 heterocycles. The largest absolute Gasteiger partial charge is 0.393 e. The fourth-order valence-corrected chi connectivity index (χ4v) is 4.17. The van der Waals surface area contributed by atoms with Crippen LogP contribution in [0.5, 0.6) is 0 Å². The van der Waals surface area contributed by atoms with Gasteiger partial charge in [0.1, 0.15) is 0 Å². The van der Waals surface area contributed by atoms with Crippen molar-refractivity contribution in [1.29, 1.82) is 0 Å². The minimum atomic E-state index is -0.375. The number of aliphatic hydroxyl groups is 2. The van der Waals surface area contributed by atoms with E-state index in [-0.39, 0.29) is 23.5 Å². The maximum Gasteiger partial charge on any atom is 0.0852 e. The predicted molar refractivity (Wildman–Crippen MR) is 74.3 cm³/mol. The van der Waals surface area contributed by atoms with Crippen molar-refractivity contribution in [2.24, 2.45) is 11.3 Å². The van der Waals surface area contributed by atoms with E-state index in [2.05, 4.69) is 28.9 Å². The number of halogens is 1. The third-order valence-corrected chi connectivity index (χ3v) is 5.34. The minimum Gasteiger partial charge on any atom is -0.393 e. The quantitative estimate of drug-likeness (QED) is 0.772. The van der Waals surface area contributed by atoms with Crippen molar-refractivity contribution in [2.45, 2.75) is 44.8 Å². The number of hydrogen-bond donors (Lipinski definition) is 2. The SMILES string of the molecule is C[C@@H]1C[C@]2(CC[C@H]1O)Cc1ccc(Br)cc1C2O. The van der Waals surface area contributed by atoms with Crippen molar-refractivity contribution in [2.75, 3.05) is 0 Å². The van der Waals surface area contributed by atoms with E-state index >= 15 is 0 Å². The molecule has 98 valence electrons. The molecule has 1 aromatic rings. The van der Waals surface area contributed by atoms with Crippen LogP contribution in [0.3, 0.4) is 0 Å². The van der Waals surface area contributed by atoms with Gasteiger partial charge in [0.2, 0.25) is 0 Å². The minimum absolute atomic E-state index is 0.0399. The van der Waals surface area contributed by atoms with Crippen LogP contribution in [0.25, 0.3) is 0 Å². The van der Waals surface area contributed by atoms with Gasteiger partial charge in [0, 0.05) is 9.89 Å². The average Bonchev–Trinajstić information content (AvgIpc) is 2.59. The normalized spacial score (nSPS) is 39.0. The highest BCUT2D eigenvalue weighted by atomic mass is 79.9. The Kier molecular flexibility index (Phi) is 3.04. The predicted octanol–water partition coefficient (Wildman–Crippen LogP) is 3.21. The molecule has 0 saturated heterocycles. The Balaban J connectivity index is 1.94. The summed E-state index contributed by atoms with van der Waals surface area (Å²) in [6, 6.07) is 6.21. The van der Waals surface area contributed by atoms with Gasteiger partial charge in [0.15, 0.2) is 0 Å². The van der Waals surface area contributed by atoms with Crippen LogP contribution in [0.1, 0.15) is 43.4 Å². The fraction of sp³-hybridized carbons (Fsp3) is 0.600. The molecule has 1 aromatic carbocycles. The smallest absolute Gasteiger partial charge is 0.0852 e. The fourth-order valence-electron chi connectivity index (χ4n) is 3.80. The zero-order chi connectivity index (χ0) is 12.9. The van der Waals surface area contributed by atoms with Crippen molar-refractivity contribution in [3.8, 4) is 0 Å². The average molecular weight is 311 g/mol. The maximum atomic E-state index is 10.7. The molecule has 0 aromatic heterocycles. The number of fused-ring (bicyclic) bond motifs is 1. The summed E-state index contributed by atoms with van der Waals surface area (Å²) in [4.78, 5) is 0. The van der Waals surface area contributed by atoms with Gasteiger partial charge in [0.25, 0.3) is 0 Å². The van der Waals surface area contributed by atoms with Gasteiger partial charge in [-0.25, -0.2) is 0 Å². The van der Waals surface area contributed by atoms with Crippen LogP contribution in [-0.4, -0.2) is 16.3 Å². The summed E-state index contributed by atoms with van der Waals surface area (Å²) in [5.41, 5.74) is 2.31. The summed E-state index contributed by atoms with van der Waals surface area (Å²) in [5.74, 6) is 0.283. The van der Waals surface area contributed by atoms with Crippen molar-refractivity contribution in [3.63, 3.8) is 0 Å². The molecular formula is C15H19BrO2. The molecule has 0 bridgehead atoms.